The molecule has 0 aliphatic heterocycles. The van der Waals surface area contributed by atoms with E-state index < -0.39 is 22.0 Å². The van der Waals surface area contributed by atoms with Crippen molar-refractivity contribution in [1.82, 2.24) is 3.97 Å². The molecule has 1 heterocycles. The number of rotatable bonds is 3. The molecule has 0 amide bonds. The second kappa shape index (κ2) is 5.61. The number of hydrogen-bond donors (Lipinski definition) is 1. The van der Waals surface area contributed by atoms with Crippen molar-refractivity contribution in [2.75, 3.05) is 5.73 Å². The van der Waals surface area contributed by atoms with Gasteiger partial charge in [-0.15, -0.1) is 0 Å². The fraction of sp³-hybridized carbons (Fsp3) is 0.0667. The Morgan fingerprint density at radius 1 is 1.09 bits per heavy atom. The molecule has 0 spiro atoms. The maximum Gasteiger partial charge on any atom is 0.269 e. The lowest BCUT2D eigenvalue weighted by molar-refractivity contribution is 0.153. The molecule has 8 heteroatoms. The Morgan fingerprint density at radius 3 is 2.43 bits per heavy atom. The molecule has 1 aromatic heterocycles. The van der Waals surface area contributed by atoms with Gasteiger partial charge in [0.05, 0.1) is 5.52 Å². The Hall–Kier alpha value is -1.93. The van der Waals surface area contributed by atoms with E-state index in [2.05, 4.69) is 15.9 Å². The number of nitrogen functional groups attached to an aromatic ring is 1. The molecule has 23 heavy (non-hydrogen) atoms. The average Bonchev–Trinajstić information content (AvgIpc) is 2.89. The lowest BCUT2D eigenvalue weighted by Gasteiger charge is -2.09. The fourth-order valence-corrected chi connectivity index (χ4v) is 4.78. The summed E-state index contributed by atoms with van der Waals surface area (Å²) in [7, 11) is -4.04. The van der Waals surface area contributed by atoms with Crippen LogP contribution in [0.5, 0.6) is 0 Å². The number of nitrogens with zero attached hydrogens (tertiary/aromatic N) is 1. The molecule has 0 bridgehead atoms. The summed E-state index contributed by atoms with van der Waals surface area (Å²) in [6.07, 6.45) is -1.90. The molecule has 120 valence electrons. The van der Waals surface area contributed by atoms with Gasteiger partial charge in [-0.3, -0.25) is 0 Å². The molecule has 4 nitrogen and oxygen atoms in total. The molecule has 3 rings (SSSR count). The van der Waals surface area contributed by atoms with Crippen LogP contribution in [0, 0.1) is 0 Å². The maximum atomic E-state index is 13.3. The van der Waals surface area contributed by atoms with E-state index in [4.69, 9.17) is 5.73 Å². The third-order valence-electron chi connectivity index (χ3n) is 3.47. The van der Waals surface area contributed by atoms with Gasteiger partial charge in [-0.2, -0.15) is 0 Å². The zero-order valence-electron chi connectivity index (χ0n) is 11.6. The summed E-state index contributed by atoms with van der Waals surface area (Å²) in [5.74, 6) is 0. The van der Waals surface area contributed by atoms with Crippen molar-refractivity contribution in [1.29, 1.82) is 0 Å². The number of alkyl halides is 2. The lowest BCUT2D eigenvalue weighted by atomic mass is 10.1. The first-order chi connectivity index (χ1) is 10.8. The number of aromatic nitrogens is 1. The minimum Gasteiger partial charge on any atom is -0.398 e. The highest BCUT2D eigenvalue weighted by Gasteiger charge is 2.26. The summed E-state index contributed by atoms with van der Waals surface area (Å²) < 4.78 is 53.5. The summed E-state index contributed by atoms with van der Waals surface area (Å²) in [4.78, 5) is -0.0138. The van der Waals surface area contributed by atoms with E-state index in [-0.39, 0.29) is 21.5 Å². The van der Waals surface area contributed by atoms with Crippen LogP contribution in [0.1, 0.15) is 12.0 Å². The third kappa shape index (κ3) is 2.51. The van der Waals surface area contributed by atoms with E-state index >= 15 is 0 Å². The molecule has 0 unspecified atom stereocenters. The van der Waals surface area contributed by atoms with E-state index in [1.165, 1.54) is 24.3 Å². The van der Waals surface area contributed by atoms with Gasteiger partial charge in [-0.1, -0.05) is 18.2 Å². The number of benzene rings is 2. The van der Waals surface area contributed by atoms with Gasteiger partial charge in [0.2, 0.25) is 0 Å². The zero-order chi connectivity index (χ0) is 16.8. The summed E-state index contributed by atoms with van der Waals surface area (Å²) in [6, 6.07) is 10.6. The van der Waals surface area contributed by atoms with E-state index in [1.807, 2.05) is 0 Å². The standard InChI is InChI=1S/C15H11BrF2N2O2S/c16-10-4-1-2-7-13(10)23(21,22)20-8-9(15(17)18)14-11(19)5-3-6-12(14)20/h1-8,15H,19H2. The summed E-state index contributed by atoms with van der Waals surface area (Å²) in [5.41, 5.74) is 5.59. The van der Waals surface area contributed by atoms with Crippen molar-refractivity contribution in [2.45, 2.75) is 11.3 Å². The zero-order valence-corrected chi connectivity index (χ0v) is 14.0. The average molecular weight is 401 g/mol. The summed E-state index contributed by atoms with van der Waals surface area (Å²) >= 11 is 3.18. The summed E-state index contributed by atoms with van der Waals surface area (Å²) in [6.45, 7) is 0. The highest BCUT2D eigenvalue weighted by molar-refractivity contribution is 9.10. The van der Waals surface area contributed by atoms with Crippen molar-refractivity contribution < 1.29 is 17.2 Å². The van der Waals surface area contributed by atoms with Crippen LogP contribution in [0.4, 0.5) is 14.5 Å². The normalized spacial score (nSPS) is 12.2. The molecule has 2 N–H and O–H groups in total. The van der Waals surface area contributed by atoms with Gasteiger partial charge in [0.1, 0.15) is 4.90 Å². The quantitative estimate of drug-likeness (QED) is 0.671. The van der Waals surface area contributed by atoms with Crippen LogP contribution in [0.2, 0.25) is 0 Å². The van der Waals surface area contributed by atoms with Gasteiger partial charge in [0, 0.05) is 27.3 Å². The molecule has 3 aromatic rings. The fourth-order valence-electron chi connectivity index (χ4n) is 2.44. The van der Waals surface area contributed by atoms with Crippen molar-refractivity contribution in [2.24, 2.45) is 0 Å². The third-order valence-corrected chi connectivity index (χ3v) is 6.15. The molecule has 2 aromatic carbocycles. The summed E-state index contributed by atoms with van der Waals surface area (Å²) in [5, 5.41) is 0.0538. The first kappa shape index (κ1) is 15.9. The molecule has 0 radical (unpaired) electrons. The van der Waals surface area contributed by atoms with Gasteiger partial charge in [-0.25, -0.2) is 21.2 Å². The van der Waals surface area contributed by atoms with E-state index in [1.54, 1.807) is 18.2 Å². The monoisotopic (exact) mass is 400 g/mol. The molecular formula is C15H11BrF2N2O2S. The van der Waals surface area contributed by atoms with Gasteiger partial charge >= 0.3 is 0 Å². The molecular weight excluding hydrogens is 390 g/mol. The molecule has 0 saturated carbocycles. The Bertz CT molecular complexity index is 1000. The van der Waals surface area contributed by atoms with Crippen LogP contribution in [-0.4, -0.2) is 12.4 Å². The second-order valence-corrected chi connectivity index (χ2v) is 7.50. The van der Waals surface area contributed by atoms with Crippen molar-refractivity contribution in [3.63, 3.8) is 0 Å². The van der Waals surface area contributed by atoms with Crippen LogP contribution in [0.3, 0.4) is 0 Å². The largest absolute Gasteiger partial charge is 0.398 e. The number of anilines is 1. The van der Waals surface area contributed by atoms with E-state index in [9.17, 15) is 17.2 Å². The lowest BCUT2D eigenvalue weighted by Crippen LogP contribution is -2.12. The van der Waals surface area contributed by atoms with E-state index in [0.29, 0.717) is 4.47 Å². The van der Waals surface area contributed by atoms with Crippen LogP contribution in [-0.2, 0) is 10.0 Å². The first-order valence-electron chi connectivity index (χ1n) is 6.51. The van der Waals surface area contributed by atoms with Gasteiger partial charge < -0.3 is 5.73 Å². The van der Waals surface area contributed by atoms with Crippen LogP contribution in [0.15, 0.2) is 58.0 Å². The molecule has 0 atom stereocenters. The Balaban J connectivity index is 2.38. The first-order valence-corrected chi connectivity index (χ1v) is 8.75. The van der Waals surface area contributed by atoms with Crippen molar-refractivity contribution in [3.8, 4) is 0 Å². The van der Waals surface area contributed by atoms with Crippen LogP contribution >= 0.6 is 15.9 Å². The van der Waals surface area contributed by atoms with Crippen molar-refractivity contribution >= 4 is 42.5 Å². The van der Waals surface area contributed by atoms with Crippen LogP contribution in [0.25, 0.3) is 10.9 Å². The maximum absolute atomic E-state index is 13.3. The van der Waals surface area contributed by atoms with Gasteiger partial charge in [0.25, 0.3) is 16.4 Å². The number of hydrogen-bond acceptors (Lipinski definition) is 3. The SMILES string of the molecule is Nc1cccc2c1c(C(F)F)cn2S(=O)(=O)c1ccccc1Br. The smallest absolute Gasteiger partial charge is 0.269 e. The van der Waals surface area contributed by atoms with Gasteiger partial charge in [-0.05, 0) is 40.2 Å². The number of fused-ring (bicyclic) bond motifs is 1. The topological polar surface area (TPSA) is 65.1 Å². The predicted octanol–water partition coefficient (Wildman–Crippen LogP) is 4.16. The molecule has 0 aliphatic carbocycles. The van der Waals surface area contributed by atoms with Crippen LogP contribution < -0.4 is 5.73 Å². The van der Waals surface area contributed by atoms with Crippen molar-refractivity contribution in [3.05, 3.63) is 58.7 Å². The molecule has 0 saturated heterocycles. The highest BCUT2D eigenvalue weighted by atomic mass is 79.9. The Morgan fingerprint density at radius 2 is 1.78 bits per heavy atom. The number of halogens is 3. The number of nitrogens with two attached hydrogens (primary N) is 1. The highest BCUT2D eigenvalue weighted by Crippen LogP contribution is 2.36. The minimum atomic E-state index is -4.04. The second-order valence-electron chi connectivity index (χ2n) is 4.86. The molecule has 0 fully saturated rings. The predicted molar refractivity (Wildman–Crippen MR) is 88.0 cm³/mol. The Kier molecular flexibility index (Phi) is 3.89. The molecule has 0 aliphatic rings. The Labute approximate surface area is 139 Å². The minimum absolute atomic E-state index is 0.0138. The van der Waals surface area contributed by atoms with E-state index in [0.717, 1.165) is 10.2 Å². The van der Waals surface area contributed by atoms with Gasteiger partial charge in [0.15, 0.2) is 0 Å².